The van der Waals surface area contributed by atoms with Gasteiger partial charge in [0.25, 0.3) is 0 Å². The van der Waals surface area contributed by atoms with E-state index in [0.29, 0.717) is 5.82 Å². The molecule has 1 unspecified atom stereocenters. The van der Waals surface area contributed by atoms with Gasteiger partial charge in [-0.1, -0.05) is 27.7 Å². The van der Waals surface area contributed by atoms with Gasteiger partial charge in [-0.25, -0.2) is 9.97 Å². The van der Waals surface area contributed by atoms with Crippen molar-refractivity contribution in [2.75, 3.05) is 30.3 Å². The highest BCUT2D eigenvalue weighted by Crippen LogP contribution is 2.24. The van der Waals surface area contributed by atoms with Crippen molar-refractivity contribution in [3.8, 4) is 0 Å². The van der Waals surface area contributed by atoms with Crippen LogP contribution in [0.15, 0.2) is 6.07 Å². The molecule has 19 heavy (non-hydrogen) atoms. The molecular formula is C14H24N4O. The van der Waals surface area contributed by atoms with Gasteiger partial charge in [-0.15, -0.1) is 0 Å². The highest BCUT2D eigenvalue weighted by atomic mass is 16.5. The van der Waals surface area contributed by atoms with Gasteiger partial charge in [-0.05, 0) is 6.42 Å². The second-order valence-electron chi connectivity index (χ2n) is 6.07. The van der Waals surface area contributed by atoms with Gasteiger partial charge in [-0.2, -0.15) is 0 Å². The maximum absolute atomic E-state index is 5.92. The lowest BCUT2D eigenvalue weighted by Gasteiger charge is -2.34. The monoisotopic (exact) mass is 264 g/mol. The second kappa shape index (κ2) is 5.33. The van der Waals surface area contributed by atoms with Crippen molar-refractivity contribution in [2.24, 2.45) is 0 Å². The molecule has 2 heterocycles. The third-order valence-electron chi connectivity index (χ3n) is 3.32. The van der Waals surface area contributed by atoms with Crippen LogP contribution in [0.1, 0.15) is 39.9 Å². The second-order valence-corrected chi connectivity index (χ2v) is 6.07. The van der Waals surface area contributed by atoms with E-state index in [1.165, 1.54) is 0 Å². The fraction of sp³-hybridized carbons (Fsp3) is 0.714. The van der Waals surface area contributed by atoms with Gasteiger partial charge >= 0.3 is 0 Å². The zero-order valence-electron chi connectivity index (χ0n) is 12.3. The first kappa shape index (κ1) is 14.1. The summed E-state index contributed by atoms with van der Waals surface area (Å²) in [5, 5.41) is 0. The van der Waals surface area contributed by atoms with E-state index in [1.807, 2.05) is 6.07 Å². The molecule has 5 nitrogen and oxygen atoms in total. The number of hydrogen-bond donors (Lipinski definition) is 1. The van der Waals surface area contributed by atoms with Crippen LogP contribution in [0.3, 0.4) is 0 Å². The molecular weight excluding hydrogens is 240 g/mol. The minimum absolute atomic E-state index is 0.0967. The average molecular weight is 264 g/mol. The Morgan fingerprint density at radius 2 is 2.16 bits per heavy atom. The molecule has 0 bridgehead atoms. The molecule has 1 aromatic rings. The van der Waals surface area contributed by atoms with Gasteiger partial charge in [-0.3, -0.25) is 0 Å². The van der Waals surface area contributed by atoms with E-state index < -0.39 is 0 Å². The summed E-state index contributed by atoms with van der Waals surface area (Å²) in [5.74, 6) is 2.25. The van der Waals surface area contributed by atoms with Crippen molar-refractivity contribution in [3.05, 3.63) is 11.9 Å². The number of morpholine rings is 1. The van der Waals surface area contributed by atoms with E-state index in [-0.39, 0.29) is 11.5 Å². The molecule has 0 radical (unpaired) electrons. The smallest absolute Gasteiger partial charge is 0.138 e. The highest BCUT2D eigenvalue weighted by molar-refractivity contribution is 5.48. The van der Waals surface area contributed by atoms with Crippen LogP contribution in [0, 0.1) is 0 Å². The third kappa shape index (κ3) is 3.35. The molecule has 0 amide bonds. The topological polar surface area (TPSA) is 64.3 Å². The van der Waals surface area contributed by atoms with Crippen LogP contribution in [0.5, 0.6) is 0 Å². The first-order valence-electron chi connectivity index (χ1n) is 6.91. The Morgan fingerprint density at radius 1 is 1.42 bits per heavy atom. The minimum Gasteiger partial charge on any atom is -0.384 e. The molecule has 1 fully saturated rings. The number of nitrogen functional groups attached to an aromatic ring is 1. The Kier molecular flexibility index (Phi) is 3.94. The summed E-state index contributed by atoms with van der Waals surface area (Å²) in [6.45, 7) is 10.9. The van der Waals surface area contributed by atoms with Crippen molar-refractivity contribution in [1.29, 1.82) is 0 Å². The Hall–Kier alpha value is -1.36. The molecule has 0 aliphatic carbocycles. The van der Waals surface area contributed by atoms with Crippen LogP contribution in [-0.2, 0) is 10.2 Å². The molecule has 2 rings (SSSR count). The van der Waals surface area contributed by atoms with E-state index in [2.05, 4.69) is 42.6 Å². The summed E-state index contributed by atoms with van der Waals surface area (Å²) in [6, 6.07) is 1.85. The largest absolute Gasteiger partial charge is 0.384 e. The molecule has 1 aromatic heterocycles. The Bertz CT molecular complexity index is 442. The predicted octanol–water partition coefficient (Wildman–Crippen LogP) is 1.97. The highest BCUT2D eigenvalue weighted by Gasteiger charge is 2.23. The maximum atomic E-state index is 5.92. The summed E-state index contributed by atoms with van der Waals surface area (Å²) >= 11 is 0. The lowest BCUT2D eigenvalue weighted by Crippen LogP contribution is -2.43. The fourth-order valence-electron chi connectivity index (χ4n) is 2.12. The molecule has 1 aliphatic rings. The van der Waals surface area contributed by atoms with E-state index in [9.17, 15) is 0 Å². The number of hydrogen-bond acceptors (Lipinski definition) is 5. The lowest BCUT2D eigenvalue weighted by atomic mass is 9.96. The molecule has 1 aliphatic heterocycles. The van der Waals surface area contributed by atoms with Crippen molar-refractivity contribution < 1.29 is 4.74 Å². The molecule has 2 N–H and O–H groups in total. The first-order valence-corrected chi connectivity index (χ1v) is 6.91. The Labute approximate surface area is 115 Å². The van der Waals surface area contributed by atoms with Crippen molar-refractivity contribution in [2.45, 2.75) is 45.6 Å². The van der Waals surface area contributed by atoms with Crippen LogP contribution >= 0.6 is 0 Å². The molecule has 0 spiro atoms. The normalized spacial score (nSPS) is 20.6. The summed E-state index contributed by atoms with van der Waals surface area (Å²) < 4.78 is 5.69. The molecule has 1 saturated heterocycles. The number of anilines is 2. The first-order chi connectivity index (χ1) is 8.90. The minimum atomic E-state index is -0.0967. The van der Waals surface area contributed by atoms with E-state index in [0.717, 1.165) is 37.8 Å². The number of nitrogens with zero attached hydrogens (tertiary/aromatic N) is 3. The standard InChI is InChI=1S/C14H24N4O/c1-5-10-9-18(6-7-19-10)12-8-11(15)16-13(17-12)14(2,3)4/h8,10H,5-7,9H2,1-4H3,(H2,15,16,17). The van der Waals surface area contributed by atoms with Crippen molar-refractivity contribution in [1.82, 2.24) is 9.97 Å². The third-order valence-corrected chi connectivity index (χ3v) is 3.32. The molecule has 5 heteroatoms. The zero-order chi connectivity index (χ0) is 14.0. The Balaban J connectivity index is 2.26. The van der Waals surface area contributed by atoms with Crippen LogP contribution in [0.2, 0.25) is 0 Å². The molecule has 1 atom stereocenters. The van der Waals surface area contributed by atoms with Crippen LogP contribution in [0.4, 0.5) is 11.6 Å². The van der Waals surface area contributed by atoms with Crippen LogP contribution in [-0.4, -0.2) is 35.8 Å². The summed E-state index contributed by atoms with van der Waals surface area (Å²) in [4.78, 5) is 11.3. The number of aromatic nitrogens is 2. The van der Waals surface area contributed by atoms with Gasteiger partial charge in [0.05, 0.1) is 12.7 Å². The fourth-order valence-corrected chi connectivity index (χ4v) is 2.12. The van der Waals surface area contributed by atoms with E-state index in [1.54, 1.807) is 0 Å². The van der Waals surface area contributed by atoms with Crippen LogP contribution in [0.25, 0.3) is 0 Å². The van der Waals surface area contributed by atoms with Crippen molar-refractivity contribution >= 4 is 11.6 Å². The average Bonchev–Trinajstić information content (AvgIpc) is 2.37. The number of ether oxygens (including phenoxy) is 1. The van der Waals surface area contributed by atoms with E-state index in [4.69, 9.17) is 10.5 Å². The molecule has 0 saturated carbocycles. The quantitative estimate of drug-likeness (QED) is 0.884. The summed E-state index contributed by atoms with van der Waals surface area (Å²) in [6.07, 6.45) is 1.30. The Morgan fingerprint density at radius 3 is 2.79 bits per heavy atom. The van der Waals surface area contributed by atoms with Gasteiger partial charge in [0.1, 0.15) is 17.5 Å². The number of nitrogens with two attached hydrogens (primary N) is 1. The van der Waals surface area contributed by atoms with E-state index >= 15 is 0 Å². The van der Waals surface area contributed by atoms with Gasteiger partial charge in [0.2, 0.25) is 0 Å². The predicted molar refractivity (Wildman–Crippen MR) is 77.4 cm³/mol. The molecule has 106 valence electrons. The van der Waals surface area contributed by atoms with Gasteiger partial charge in [0, 0.05) is 24.6 Å². The summed E-state index contributed by atoms with van der Waals surface area (Å²) in [7, 11) is 0. The van der Waals surface area contributed by atoms with Gasteiger partial charge < -0.3 is 15.4 Å². The molecule has 0 aromatic carbocycles. The maximum Gasteiger partial charge on any atom is 0.138 e. The zero-order valence-corrected chi connectivity index (χ0v) is 12.3. The van der Waals surface area contributed by atoms with Crippen molar-refractivity contribution in [3.63, 3.8) is 0 Å². The number of rotatable bonds is 2. The van der Waals surface area contributed by atoms with Gasteiger partial charge in [0.15, 0.2) is 0 Å². The lowest BCUT2D eigenvalue weighted by molar-refractivity contribution is 0.0381. The van der Waals surface area contributed by atoms with Crippen LogP contribution < -0.4 is 10.6 Å². The SMILES string of the molecule is CCC1CN(c2cc(N)nc(C(C)(C)C)n2)CCO1. The summed E-state index contributed by atoms with van der Waals surface area (Å²) in [5.41, 5.74) is 5.82.